The first-order valence-corrected chi connectivity index (χ1v) is 5.04. The van der Waals surface area contributed by atoms with E-state index in [1.165, 1.54) is 6.07 Å². The third-order valence-corrected chi connectivity index (χ3v) is 2.18. The van der Waals surface area contributed by atoms with Crippen LogP contribution in [0.3, 0.4) is 0 Å². The first kappa shape index (κ1) is 12.8. The molecule has 7 heteroatoms. The number of hydrogen-bond donors (Lipinski definition) is 0. The van der Waals surface area contributed by atoms with E-state index in [0.717, 1.165) is 0 Å². The van der Waals surface area contributed by atoms with Crippen LogP contribution in [0.1, 0.15) is 12.0 Å². The van der Waals surface area contributed by atoms with Gasteiger partial charge >= 0.3 is 0 Å². The molecule has 0 amide bonds. The molecule has 0 saturated carbocycles. The molecule has 0 heterocycles. The Hall–Kier alpha value is -2.27. The summed E-state index contributed by atoms with van der Waals surface area (Å²) in [5.41, 5.74) is 8.61. The molecule has 0 fully saturated rings. The summed E-state index contributed by atoms with van der Waals surface area (Å²) in [4.78, 5) is 12.9. The predicted molar refractivity (Wildman–Crippen MR) is 62.0 cm³/mol. The van der Waals surface area contributed by atoms with Crippen LogP contribution in [-0.2, 0) is 0 Å². The lowest BCUT2D eigenvalue weighted by molar-refractivity contribution is -0.385. The lowest BCUT2D eigenvalue weighted by Crippen LogP contribution is -2.01. The molecule has 0 aromatic heterocycles. The van der Waals surface area contributed by atoms with Crippen LogP contribution in [0, 0.1) is 17.0 Å². The number of hydrogen-bond acceptors (Lipinski definition) is 4. The maximum atomic E-state index is 10.7. The lowest BCUT2D eigenvalue weighted by Gasteiger charge is -2.08. The van der Waals surface area contributed by atoms with Gasteiger partial charge in [-0.2, -0.15) is 0 Å². The smallest absolute Gasteiger partial charge is 0.276 e. The number of benzene rings is 1. The zero-order chi connectivity index (χ0) is 12.7. The third kappa shape index (κ3) is 3.66. The Labute approximate surface area is 97.8 Å². The molecule has 0 radical (unpaired) electrons. The molecule has 0 saturated heterocycles. The highest BCUT2D eigenvalue weighted by molar-refractivity contribution is 5.48. The summed E-state index contributed by atoms with van der Waals surface area (Å²) in [6, 6.07) is 4.69. The molecule has 0 atom stereocenters. The van der Waals surface area contributed by atoms with Crippen molar-refractivity contribution in [2.75, 3.05) is 13.2 Å². The van der Waals surface area contributed by atoms with Crippen molar-refractivity contribution in [3.8, 4) is 5.75 Å². The van der Waals surface area contributed by atoms with E-state index in [9.17, 15) is 10.1 Å². The molecule has 0 bridgehead atoms. The monoisotopic (exact) mass is 236 g/mol. The van der Waals surface area contributed by atoms with Crippen LogP contribution >= 0.6 is 0 Å². The zero-order valence-corrected chi connectivity index (χ0v) is 9.37. The van der Waals surface area contributed by atoms with Crippen molar-refractivity contribution in [2.45, 2.75) is 13.3 Å². The Balaban J connectivity index is 2.62. The topological polar surface area (TPSA) is 101 Å². The highest BCUT2D eigenvalue weighted by Gasteiger charge is 2.13. The van der Waals surface area contributed by atoms with E-state index in [1.54, 1.807) is 19.1 Å². The zero-order valence-electron chi connectivity index (χ0n) is 9.37. The Kier molecular flexibility index (Phi) is 4.77. The normalized spacial score (nSPS) is 9.47. The van der Waals surface area contributed by atoms with Crippen molar-refractivity contribution < 1.29 is 9.66 Å². The molecule has 1 rings (SSSR count). The quantitative estimate of drug-likeness (QED) is 0.189. The molecule has 1 aromatic rings. The molecule has 7 nitrogen and oxygen atoms in total. The summed E-state index contributed by atoms with van der Waals surface area (Å²) in [5, 5.41) is 14.0. The van der Waals surface area contributed by atoms with Crippen LogP contribution in [-0.4, -0.2) is 18.1 Å². The van der Waals surface area contributed by atoms with Crippen molar-refractivity contribution in [3.05, 3.63) is 44.3 Å². The third-order valence-electron chi connectivity index (χ3n) is 2.18. The minimum atomic E-state index is -0.442. The second-order valence-electron chi connectivity index (χ2n) is 3.31. The molecule has 0 unspecified atom stereocenters. The molecular formula is C10H12N4O3. The van der Waals surface area contributed by atoms with E-state index in [-0.39, 0.29) is 5.69 Å². The maximum absolute atomic E-state index is 10.7. The van der Waals surface area contributed by atoms with Gasteiger partial charge in [0.05, 0.1) is 17.1 Å². The molecule has 1 aromatic carbocycles. The SMILES string of the molecule is Cc1c(OCCCN=[N+]=[N-])cccc1[N+](=O)[O-]. The van der Waals surface area contributed by atoms with E-state index in [2.05, 4.69) is 10.0 Å². The number of ether oxygens (including phenoxy) is 1. The fourth-order valence-corrected chi connectivity index (χ4v) is 1.32. The van der Waals surface area contributed by atoms with Crippen LogP contribution in [0.2, 0.25) is 0 Å². The van der Waals surface area contributed by atoms with Gasteiger partial charge < -0.3 is 4.74 Å². The van der Waals surface area contributed by atoms with E-state index in [0.29, 0.717) is 30.9 Å². The van der Waals surface area contributed by atoms with E-state index in [4.69, 9.17) is 10.3 Å². The molecule has 0 N–H and O–H groups in total. The van der Waals surface area contributed by atoms with Crippen molar-refractivity contribution >= 4 is 5.69 Å². The predicted octanol–water partition coefficient (Wildman–Crippen LogP) is 2.98. The maximum Gasteiger partial charge on any atom is 0.276 e. The minimum Gasteiger partial charge on any atom is -0.493 e. The van der Waals surface area contributed by atoms with Crippen LogP contribution in [0.5, 0.6) is 5.75 Å². The highest BCUT2D eigenvalue weighted by Crippen LogP contribution is 2.26. The van der Waals surface area contributed by atoms with Crippen LogP contribution in [0.15, 0.2) is 23.3 Å². The Morgan fingerprint density at radius 3 is 3.00 bits per heavy atom. The highest BCUT2D eigenvalue weighted by atomic mass is 16.6. The van der Waals surface area contributed by atoms with Gasteiger partial charge in [0.25, 0.3) is 5.69 Å². The van der Waals surface area contributed by atoms with Crippen molar-refractivity contribution in [3.63, 3.8) is 0 Å². The van der Waals surface area contributed by atoms with Gasteiger partial charge in [-0.05, 0) is 24.9 Å². The van der Waals surface area contributed by atoms with Crippen molar-refractivity contribution in [2.24, 2.45) is 5.11 Å². The average Bonchev–Trinajstić information content (AvgIpc) is 2.30. The molecule has 90 valence electrons. The second-order valence-corrected chi connectivity index (χ2v) is 3.31. The number of nitrogens with zero attached hydrogens (tertiary/aromatic N) is 4. The van der Waals surface area contributed by atoms with Gasteiger partial charge in [0.15, 0.2) is 0 Å². The van der Waals surface area contributed by atoms with Gasteiger partial charge in [-0.1, -0.05) is 11.2 Å². The van der Waals surface area contributed by atoms with Gasteiger partial charge in [0.1, 0.15) is 5.75 Å². The van der Waals surface area contributed by atoms with Crippen LogP contribution in [0.25, 0.3) is 10.4 Å². The Bertz CT molecular complexity index is 455. The number of nitro groups is 1. The summed E-state index contributed by atoms with van der Waals surface area (Å²) in [7, 11) is 0. The minimum absolute atomic E-state index is 0.0394. The summed E-state index contributed by atoms with van der Waals surface area (Å²) in [6.45, 7) is 2.35. The molecule has 17 heavy (non-hydrogen) atoms. The molecule has 0 aliphatic heterocycles. The van der Waals surface area contributed by atoms with E-state index < -0.39 is 4.92 Å². The summed E-state index contributed by atoms with van der Waals surface area (Å²) in [5.74, 6) is 0.486. The standard InChI is InChI=1S/C10H12N4O3/c1-8-9(14(15)16)4-2-5-10(8)17-7-3-6-12-13-11/h2,4-5H,3,6-7H2,1H3. The number of azide groups is 1. The van der Waals surface area contributed by atoms with Crippen molar-refractivity contribution in [1.29, 1.82) is 0 Å². The van der Waals surface area contributed by atoms with Gasteiger partial charge in [-0.3, -0.25) is 10.1 Å². The first-order chi connectivity index (χ1) is 8.16. The average molecular weight is 236 g/mol. The van der Waals surface area contributed by atoms with Crippen LogP contribution < -0.4 is 4.74 Å². The summed E-state index contributed by atoms with van der Waals surface area (Å²) >= 11 is 0. The summed E-state index contributed by atoms with van der Waals surface area (Å²) < 4.78 is 5.39. The fourth-order valence-electron chi connectivity index (χ4n) is 1.32. The summed E-state index contributed by atoms with van der Waals surface area (Å²) in [6.07, 6.45) is 0.576. The molecule has 0 spiro atoms. The van der Waals surface area contributed by atoms with Gasteiger partial charge in [0, 0.05) is 17.5 Å². The molecular weight excluding hydrogens is 224 g/mol. The first-order valence-electron chi connectivity index (χ1n) is 5.04. The molecule has 0 aliphatic carbocycles. The lowest BCUT2D eigenvalue weighted by atomic mass is 10.2. The fraction of sp³-hybridized carbons (Fsp3) is 0.400. The Morgan fingerprint density at radius 2 is 2.35 bits per heavy atom. The van der Waals surface area contributed by atoms with E-state index in [1.807, 2.05) is 0 Å². The molecule has 0 aliphatic rings. The second kappa shape index (κ2) is 6.34. The number of rotatable bonds is 6. The Morgan fingerprint density at radius 1 is 1.59 bits per heavy atom. The van der Waals surface area contributed by atoms with Gasteiger partial charge in [-0.25, -0.2) is 0 Å². The van der Waals surface area contributed by atoms with Crippen LogP contribution in [0.4, 0.5) is 5.69 Å². The van der Waals surface area contributed by atoms with Gasteiger partial charge in [0.2, 0.25) is 0 Å². The van der Waals surface area contributed by atoms with E-state index >= 15 is 0 Å². The van der Waals surface area contributed by atoms with Gasteiger partial charge in [-0.15, -0.1) is 0 Å². The number of nitro benzene ring substituents is 1. The van der Waals surface area contributed by atoms with Crippen molar-refractivity contribution in [1.82, 2.24) is 0 Å². The largest absolute Gasteiger partial charge is 0.493 e.